The number of rotatable bonds is 10. The van der Waals surface area contributed by atoms with E-state index in [9.17, 15) is 14.4 Å². The van der Waals surface area contributed by atoms with Gasteiger partial charge in [-0.2, -0.15) is 0 Å². The van der Waals surface area contributed by atoms with Gasteiger partial charge in [-0.25, -0.2) is 0 Å². The van der Waals surface area contributed by atoms with E-state index in [0.717, 1.165) is 0 Å². The summed E-state index contributed by atoms with van der Waals surface area (Å²) in [5.74, 6) is -1.80. The zero-order valence-electron chi connectivity index (χ0n) is 15.8. The van der Waals surface area contributed by atoms with Crippen LogP contribution in [0.25, 0.3) is 0 Å². The number of carbonyl (C=O) groups excluding carboxylic acids is 3. The zero-order chi connectivity index (χ0) is 20.4. The van der Waals surface area contributed by atoms with Crippen LogP contribution in [0.2, 0.25) is 0 Å². The summed E-state index contributed by atoms with van der Waals surface area (Å²) in [5.41, 5.74) is 11.4. The lowest BCUT2D eigenvalue weighted by Gasteiger charge is -2.43. The van der Waals surface area contributed by atoms with Crippen molar-refractivity contribution in [1.29, 1.82) is 0 Å². The molecule has 1 aliphatic heterocycles. The molecule has 5 atom stereocenters. The SMILES string of the molecule is CC(=O)OCC1OC(OCCOCCN)C(N)C(OC(C)=O)C1OC(C)=O. The van der Waals surface area contributed by atoms with E-state index < -0.39 is 48.6 Å². The van der Waals surface area contributed by atoms with Crippen LogP contribution < -0.4 is 11.5 Å². The maximum Gasteiger partial charge on any atom is 0.303 e. The van der Waals surface area contributed by atoms with Crippen LogP contribution >= 0.6 is 0 Å². The Bertz CT molecular complexity index is 502. The van der Waals surface area contributed by atoms with Crippen LogP contribution in [0.1, 0.15) is 20.8 Å². The third-order valence-electron chi connectivity index (χ3n) is 3.52. The predicted molar refractivity (Wildman–Crippen MR) is 90.2 cm³/mol. The van der Waals surface area contributed by atoms with Crippen LogP contribution in [0.4, 0.5) is 0 Å². The highest BCUT2D eigenvalue weighted by Gasteiger charge is 2.49. The Kier molecular flexibility index (Phi) is 10.2. The van der Waals surface area contributed by atoms with Gasteiger partial charge in [0.05, 0.1) is 25.9 Å². The monoisotopic (exact) mass is 392 g/mol. The molecule has 156 valence electrons. The van der Waals surface area contributed by atoms with Gasteiger partial charge in [-0.1, -0.05) is 0 Å². The molecule has 11 heteroatoms. The molecule has 0 amide bonds. The van der Waals surface area contributed by atoms with E-state index in [1.807, 2.05) is 0 Å². The Morgan fingerprint density at radius 1 is 0.926 bits per heavy atom. The number of carbonyl (C=O) groups is 3. The molecule has 1 rings (SSSR count). The summed E-state index contributed by atoms with van der Waals surface area (Å²) in [6.45, 7) is 4.53. The van der Waals surface area contributed by atoms with Crippen LogP contribution in [0.3, 0.4) is 0 Å². The number of hydrogen-bond donors (Lipinski definition) is 2. The molecule has 0 aromatic carbocycles. The summed E-state index contributed by atoms with van der Waals surface area (Å²) >= 11 is 0. The van der Waals surface area contributed by atoms with Gasteiger partial charge in [0.25, 0.3) is 0 Å². The average Bonchev–Trinajstić information content (AvgIpc) is 2.57. The lowest BCUT2D eigenvalue weighted by Crippen LogP contribution is -2.64. The predicted octanol–water partition coefficient (Wildman–Crippen LogP) is -1.54. The zero-order valence-corrected chi connectivity index (χ0v) is 15.8. The fourth-order valence-corrected chi connectivity index (χ4v) is 2.49. The first kappa shape index (κ1) is 23.2. The van der Waals surface area contributed by atoms with Gasteiger partial charge >= 0.3 is 17.9 Å². The van der Waals surface area contributed by atoms with Crippen LogP contribution in [-0.4, -0.2) is 81.5 Å². The van der Waals surface area contributed by atoms with Gasteiger partial charge in [-0.3, -0.25) is 14.4 Å². The van der Waals surface area contributed by atoms with Crippen molar-refractivity contribution in [2.75, 3.05) is 33.0 Å². The van der Waals surface area contributed by atoms with Crippen molar-refractivity contribution in [3.05, 3.63) is 0 Å². The van der Waals surface area contributed by atoms with E-state index in [2.05, 4.69) is 0 Å². The first-order valence-corrected chi connectivity index (χ1v) is 8.54. The quantitative estimate of drug-likeness (QED) is 0.252. The molecule has 1 heterocycles. The Morgan fingerprint density at radius 3 is 2.11 bits per heavy atom. The van der Waals surface area contributed by atoms with Crippen LogP contribution in [0, 0.1) is 0 Å². The highest BCUT2D eigenvalue weighted by Crippen LogP contribution is 2.26. The Balaban J connectivity index is 2.89. The molecule has 1 fully saturated rings. The lowest BCUT2D eigenvalue weighted by atomic mass is 9.97. The lowest BCUT2D eigenvalue weighted by molar-refractivity contribution is -0.275. The molecular formula is C16H28N2O9. The summed E-state index contributed by atoms with van der Waals surface area (Å²) < 4.78 is 31.9. The van der Waals surface area contributed by atoms with Crippen molar-refractivity contribution in [3.8, 4) is 0 Å². The smallest absolute Gasteiger partial charge is 0.303 e. The van der Waals surface area contributed by atoms with E-state index >= 15 is 0 Å². The minimum Gasteiger partial charge on any atom is -0.463 e. The molecule has 0 bridgehead atoms. The van der Waals surface area contributed by atoms with Gasteiger partial charge in [0.1, 0.15) is 12.7 Å². The summed E-state index contributed by atoms with van der Waals surface area (Å²) in [5, 5.41) is 0. The third kappa shape index (κ3) is 8.18. The minimum atomic E-state index is -1.06. The maximum atomic E-state index is 11.5. The van der Waals surface area contributed by atoms with Gasteiger partial charge in [-0.15, -0.1) is 0 Å². The molecule has 0 spiro atoms. The highest BCUT2D eigenvalue weighted by atomic mass is 16.7. The Hall–Kier alpha value is -1.79. The number of nitrogens with two attached hydrogens (primary N) is 2. The minimum absolute atomic E-state index is 0.143. The fraction of sp³-hybridized carbons (Fsp3) is 0.812. The Labute approximate surface area is 157 Å². The van der Waals surface area contributed by atoms with Crippen molar-refractivity contribution < 1.29 is 42.8 Å². The molecule has 11 nitrogen and oxygen atoms in total. The van der Waals surface area contributed by atoms with Crippen molar-refractivity contribution >= 4 is 17.9 Å². The molecule has 0 radical (unpaired) electrons. The van der Waals surface area contributed by atoms with Gasteiger partial charge in [0.2, 0.25) is 0 Å². The molecule has 1 aliphatic rings. The van der Waals surface area contributed by atoms with Crippen molar-refractivity contribution in [2.24, 2.45) is 11.5 Å². The van der Waals surface area contributed by atoms with E-state index in [1.165, 1.54) is 20.8 Å². The molecular weight excluding hydrogens is 364 g/mol. The maximum absolute atomic E-state index is 11.5. The average molecular weight is 392 g/mol. The summed E-state index contributed by atoms with van der Waals surface area (Å²) in [6, 6.07) is -0.943. The molecule has 0 aromatic heterocycles. The third-order valence-corrected chi connectivity index (χ3v) is 3.52. The van der Waals surface area contributed by atoms with Crippen LogP contribution in [0.15, 0.2) is 0 Å². The van der Waals surface area contributed by atoms with Gasteiger partial charge < -0.3 is 39.9 Å². The normalized spacial score (nSPS) is 27.7. The molecule has 5 unspecified atom stereocenters. The molecule has 4 N–H and O–H groups in total. The molecule has 27 heavy (non-hydrogen) atoms. The standard InChI is InChI=1S/C16H28N2O9/c1-9(19)24-8-12-14(25-10(2)20)15(26-11(3)21)13(18)16(27-12)23-7-6-22-5-4-17/h12-16H,4-8,17-18H2,1-3H3. The van der Waals surface area contributed by atoms with Crippen molar-refractivity contribution in [2.45, 2.75) is 51.4 Å². The fourth-order valence-electron chi connectivity index (χ4n) is 2.49. The molecule has 1 saturated heterocycles. The Morgan fingerprint density at radius 2 is 1.56 bits per heavy atom. The second-order valence-electron chi connectivity index (χ2n) is 5.84. The molecule has 0 aromatic rings. The van der Waals surface area contributed by atoms with Crippen molar-refractivity contribution in [3.63, 3.8) is 0 Å². The van der Waals surface area contributed by atoms with Crippen LogP contribution in [-0.2, 0) is 42.8 Å². The van der Waals surface area contributed by atoms with E-state index in [0.29, 0.717) is 13.2 Å². The first-order chi connectivity index (χ1) is 12.8. The summed E-state index contributed by atoms with van der Waals surface area (Å²) in [4.78, 5) is 34.1. The van der Waals surface area contributed by atoms with Crippen LogP contribution in [0.5, 0.6) is 0 Å². The molecule has 0 aliphatic carbocycles. The second-order valence-corrected chi connectivity index (χ2v) is 5.84. The van der Waals surface area contributed by atoms with Crippen molar-refractivity contribution in [1.82, 2.24) is 0 Å². The first-order valence-electron chi connectivity index (χ1n) is 8.54. The van der Waals surface area contributed by atoms with Gasteiger partial charge in [-0.05, 0) is 0 Å². The topological polar surface area (TPSA) is 159 Å². The summed E-state index contributed by atoms with van der Waals surface area (Å²) in [6.07, 6.45) is -4.04. The van der Waals surface area contributed by atoms with Gasteiger partial charge in [0.15, 0.2) is 18.5 Å². The van der Waals surface area contributed by atoms with Gasteiger partial charge in [0, 0.05) is 27.3 Å². The highest BCUT2D eigenvalue weighted by molar-refractivity contribution is 5.67. The molecule has 0 saturated carbocycles. The number of hydrogen-bond acceptors (Lipinski definition) is 11. The number of ether oxygens (including phenoxy) is 6. The van der Waals surface area contributed by atoms with E-state index in [1.54, 1.807) is 0 Å². The van der Waals surface area contributed by atoms with E-state index in [-0.39, 0.29) is 19.8 Å². The second kappa shape index (κ2) is 11.8. The number of esters is 3. The van der Waals surface area contributed by atoms with E-state index in [4.69, 9.17) is 39.9 Å². The largest absolute Gasteiger partial charge is 0.463 e. The summed E-state index contributed by atoms with van der Waals surface area (Å²) in [7, 11) is 0.